The van der Waals surface area contributed by atoms with Crippen molar-refractivity contribution in [2.75, 3.05) is 18.1 Å². The first kappa shape index (κ1) is 14.1. The van der Waals surface area contributed by atoms with Crippen LogP contribution >= 0.6 is 0 Å². The van der Waals surface area contributed by atoms with E-state index < -0.39 is 15.7 Å². The van der Waals surface area contributed by atoms with Gasteiger partial charge in [0.2, 0.25) is 0 Å². The topological polar surface area (TPSA) is 63.2 Å². The Hall–Kier alpha value is -1.27. The van der Waals surface area contributed by atoms with E-state index in [0.717, 1.165) is 0 Å². The fourth-order valence-corrected chi connectivity index (χ4v) is 3.68. The molecule has 1 aliphatic heterocycles. The minimum absolute atomic E-state index is 0.0347. The largest absolute Gasteiger partial charge is 0.312 e. The number of hydrogen-bond acceptors (Lipinski definition) is 4. The zero-order valence-corrected chi connectivity index (χ0v) is 11.5. The van der Waals surface area contributed by atoms with Crippen molar-refractivity contribution >= 4 is 15.6 Å². The van der Waals surface area contributed by atoms with Gasteiger partial charge in [-0.05, 0) is 30.7 Å². The second-order valence-electron chi connectivity index (χ2n) is 4.91. The molecule has 0 spiro atoms. The van der Waals surface area contributed by atoms with Crippen molar-refractivity contribution in [3.05, 3.63) is 35.1 Å². The fourth-order valence-electron chi connectivity index (χ4n) is 2.24. The highest BCUT2D eigenvalue weighted by Gasteiger charge is 2.26. The minimum atomic E-state index is -3.06. The van der Waals surface area contributed by atoms with Crippen molar-refractivity contribution in [3.63, 3.8) is 0 Å². The number of rotatable bonds is 3. The van der Waals surface area contributed by atoms with Crippen molar-refractivity contribution in [2.45, 2.75) is 19.4 Å². The van der Waals surface area contributed by atoms with Crippen LogP contribution in [0, 0.1) is 12.7 Å². The number of ketones is 1. The highest BCUT2D eigenvalue weighted by atomic mass is 32.2. The smallest absolute Gasteiger partial charge is 0.164 e. The molecule has 0 radical (unpaired) electrons. The van der Waals surface area contributed by atoms with Gasteiger partial charge in [0.1, 0.15) is 5.82 Å². The van der Waals surface area contributed by atoms with Gasteiger partial charge in [0.25, 0.3) is 0 Å². The number of aryl methyl sites for hydroxylation is 1. The van der Waals surface area contributed by atoms with Crippen LogP contribution in [0.4, 0.5) is 4.39 Å². The van der Waals surface area contributed by atoms with Crippen LogP contribution in [0.15, 0.2) is 18.2 Å². The molecule has 1 N–H and O–H groups in total. The Labute approximate surface area is 111 Å². The second-order valence-corrected chi connectivity index (χ2v) is 7.14. The van der Waals surface area contributed by atoms with Gasteiger partial charge in [-0.1, -0.05) is 0 Å². The summed E-state index contributed by atoms with van der Waals surface area (Å²) < 4.78 is 36.2. The molecule has 1 atom stereocenters. The summed E-state index contributed by atoms with van der Waals surface area (Å²) in [5, 5.41) is 3.01. The summed E-state index contributed by atoms with van der Waals surface area (Å²) in [6, 6.07) is 3.77. The highest BCUT2D eigenvalue weighted by molar-refractivity contribution is 7.91. The number of benzene rings is 1. The molecule has 1 heterocycles. The maximum Gasteiger partial charge on any atom is 0.164 e. The van der Waals surface area contributed by atoms with Gasteiger partial charge in [0.05, 0.1) is 11.5 Å². The normalized spacial score (nSPS) is 22.1. The molecule has 1 aromatic carbocycles. The maximum atomic E-state index is 13.2. The third-order valence-corrected chi connectivity index (χ3v) is 4.83. The van der Waals surface area contributed by atoms with Crippen LogP contribution in [0.2, 0.25) is 0 Å². The number of carbonyl (C=O) groups excluding carboxylic acids is 1. The van der Waals surface area contributed by atoms with Gasteiger partial charge < -0.3 is 5.32 Å². The fraction of sp³-hybridized carbons (Fsp3) is 0.462. The molecule has 0 aliphatic carbocycles. The third-order valence-electron chi connectivity index (χ3n) is 3.10. The van der Waals surface area contributed by atoms with Crippen LogP contribution in [0.25, 0.3) is 0 Å². The predicted octanol–water partition coefficient (Wildman–Crippen LogP) is 1.09. The highest BCUT2D eigenvalue weighted by Crippen LogP contribution is 2.13. The summed E-state index contributed by atoms with van der Waals surface area (Å²) in [6.45, 7) is 2.08. The number of halogens is 1. The average molecular weight is 285 g/mol. The summed E-state index contributed by atoms with van der Waals surface area (Å²) in [5.41, 5.74) is 0.967. The number of sulfone groups is 1. The Morgan fingerprint density at radius 3 is 2.79 bits per heavy atom. The lowest BCUT2D eigenvalue weighted by molar-refractivity contribution is 0.0971. The summed E-state index contributed by atoms with van der Waals surface area (Å²) in [4.78, 5) is 12.0. The standard InChI is InChI=1S/C13H16FNO3S/c1-9-4-10(6-11(14)5-9)13(16)7-12-8-19(17,18)3-2-15-12/h4-6,12,15H,2-3,7-8H2,1H3. The van der Waals surface area contributed by atoms with Gasteiger partial charge in [-0.15, -0.1) is 0 Å². The van der Waals surface area contributed by atoms with Crippen molar-refractivity contribution in [2.24, 2.45) is 0 Å². The lowest BCUT2D eigenvalue weighted by Crippen LogP contribution is -2.46. The van der Waals surface area contributed by atoms with E-state index in [2.05, 4.69) is 5.32 Å². The third kappa shape index (κ3) is 3.84. The van der Waals surface area contributed by atoms with Gasteiger partial charge in [-0.3, -0.25) is 4.79 Å². The lowest BCUT2D eigenvalue weighted by Gasteiger charge is -2.23. The molecular weight excluding hydrogens is 269 g/mol. The predicted molar refractivity (Wildman–Crippen MR) is 70.5 cm³/mol. The van der Waals surface area contributed by atoms with Gasteiger partial charge in [-0.2, -0.15) is 0 Å². The molecule has 1 unspecified atom stereocenters. The number of hydrogen-bond donors (Lipinski definition) is 1. The van der Waals surface area contributed by atoms with Gasteiger partial charge in [0.15, 0.2) is 15.6 Å². The van der Waals surface area contributed by atoms with E-state index >= 15 is 0 Å². The molecule has 19 heavy (non-hydrogen) atoms. The first-order valence-corrected chi connectivity index (χ1v) is 7.92. The van der Waals surface area contributed by atoms with E-state index in [1.54, 1.807) is 13.0 Å². The average Bonchev–Trinajstić information content (AvgIpc) is 2.26. The van der Waals surface area contributed by atoms with Gasteiger partial charge in [0, 0.05) is 24.6 Å². The summed E-state index contributed by atoms with van der Waals surface area (Å²) in [7, 11) is -3.06. The molecule has 104 valence electrons. The van der Waals surface area contributed by atoms with Crippen LogP contribution in [-0.2, 0) is 9.84 Å². The Bertz CT molecular complexity index is 578. The molecule has 4 nitrogen and oxygen atoms in total. The Morgan fingerprint density at radius 2 is 2.16 bits per heavy atom. The molecule has 0 saturated carbocycles. The van der Waals surface area contributed by atoms with Crippen LogP contribution in [-0.4, -0.2) is 38.3 Å². The van der Waals surface area contributed by atoms with Gasteiger partial charge in [-0.25, -0.2) is 12.8 Å². The Morgan fingerprint density at radius 1 is 1.42 bits per heavy atom. The quantitative estimate of drug-likeness (QED) is 0.845. The minimum Gasteiger partial charge on any atom is -0.312 e. The molecule has 1 aliphatic rings. The van der Waals surface area contributed by atoms with Crippen LogP contribution < -0.4 is 5.32 Å². The van der Waals surface area contributed by atoms with Crippen LogP contribution in [0.1, 0.15) is 22.3 Å². The Kier molecular flexibility index (Phi) is 4.01. The first-order valence-electron chi connectivity index (χ1n) is 6.10. The molecule has 0 bridgehead atoms. The second kappa shape index (κ2) is 5.38. The molecule has 2 rings (SSSR count). The lowest BCUT2D eigenvalue weighted by atomic mass is 10.0. The molecule has 0 aromatic heterocycles. The van der Waals surface area contributed by atoms with Crippen LogP contribution in [0.3, 0.4) is 0 Å². The van der Waals surface area contributed by atoms with Crippen molar-refractivity contribution in [3.8, 4) is 0 Å². The molecule has 6 heteroatoms. The van der Waals surface area contributed by atoms with E-state index in [9.17, 15) is 17.6 Å². The summed E-state index contributed by atoms with van der Waals surface area (Å²) >= 11 is 0. The Balaban J connectivity index is 2.08. The monoisotopic (exact) mass is 285 g/mol. The molecule has 1 saturated heterocycles. The zero-order valence-electron chi connectivity index (χ0n) is 10.6. The van der Waals surface area contributed by atoms with E-state index in [1.165, 1.54) is 12.1 Å². The zero-order chi connectivity index (χ0) is 14.0. The SMILES string of the molecule is Cc1cc(F)cc(C(=O)CC2CS(=O)(=O)CCN2)c1. The van der Waals surface area contributed by atoms with Crippen molar-refractivity contribution in [1.82, 2.24) is 5.32 Å². The summed E-state index contributed by atoms with van der Waals surface area (Å²) in [5.74, 6) is -0.617. The summed E-state index contributed by atoms with van der Waals surface area (Å²) in [6.07, 6.45) is 0.0716. The van der Waals surface area contributed by atoms with E-state index in [0.29, 0.717) is 17.7 Å². The van der Waals surface area contributed by atoms with E-state index in [-0.39, 0.29) is 29.8 Å². The van der Waals surface area contributed by atoms with Crippen molar-refractivity contribution in [1.29, 1.82) is 0 Å². The maximum absolute atomic E-state index is 13.2. The number of carbonyl (C=O) groups is 1. The van der Waals surface area contributed by atoms with Crippen molar-refractivity contribution < 1.29 is 17.6 Å². The number of Topliss-reactive ketones (excluding diaryl/α,β-unsaturated/α-hetero) is 1. The number of nitrogens with one attached hydrogen (secondary N) is 1. The van der Waals surface area contributed by atoms with E-state index in [1.807, 2.05) is 0 Å². The molecule has 0 amide bonds. The van der Waals surface area contributed by atoms with Crippen LogP contribution in [0.5, 0.6) is 0 Å². The van der Waals surface area contributed by atoms with Gasteiger partial charge >= 0.3 is 0 Å². The van der Waals surface area contributed by atoms with E-state index in [4.69, 9.17) is 0 Å². The molecule has 1 aromatic rings. The first-order chi connectivity index (χ1) is 8.85. The molecular formula is C13H16FNO3S. The molecule has 1 fully saturated rings.